The van der Waals surface area contributed by atoms with E-state index in [4.69, 9.17) is 25.8 Å². The molecule has 0 atom stereocenters. The van der Waals surface area contributed by atoms with Crippen LogP contribution in [0.1, 0.15) is 43.5 Å². The molecule has 1 spiro atoms. The van der Waals surface area contributed by atoms with Gasteiger partial charge in [-0.15, -0.1) is 0 Å². The smallest absolute Gasteiger partial charge is 0.266 e. The molecule has 4 rings (SSSR count). The van der Waals surface area contributed by atoms with E-state index in [9.17, 15) is 9.59 Å². The molecule has 2 aliphatic heterocycles. The second kappa shape index (κ2) is 8.08. The van der Waals surface area contributed by atoms with Gasteiger partial charge in [-0.05, 0) is 50.2 Å². The van der Waals surface area contributed by atoms with Gasteiger partial charge in [-0.1, -0.05) is 11.6 Å². The van der Waals surface area contributed by atoms with Crippen LogP contribution in [0.2, 0.25) is 5.02 Å². The minimum absolute atomic E-state index is 0.0649. The number of likely N-dealkylation sites (tertiary alicyclic amines) is 1. The third-order valence-corrected chi connectivity index (χ3v) is 6.21. The predicted molar refractivity (Wildman–Crippen MR) is 117 cm³/mol. The van der Waals surface area contributed by atoms with Crippen molar-refractivity contribution in [2.24, 2.45) is 0 Å². The van der Waals surface area contributed by atoms with Gasteiger partial charge in [0.25, 0.3) is 5.91 Å². The summed E-state index contributed by atoms with van der Waals surface area (Å²) in [7, 11) is 1.58. The molecule has 0 unspecified atom stereocenters. The number of benzene rings is 2. The van der Waals surface area contributed by atoms with Crippen molar-refractivity contribution in [1.29, 1.82) is 0 Å². The van der Waals surface area contributed by atoms with Crippen molar-refractivity contribution < 1.29 is 23.8 Å². The first-order valence-corrected chi connectivity index (χ1v) is 10.7. The van der Waals surface area contributed by atoms with Crippen molar-refractivity contribution in [3.05, 3.63) is 53.1 Å². The van der Waals surface area contributed by atoms with Gasteiger partial charge in [0.1, 0.15) is 22.8 Å². The first kappa shape index (κ1) is 21.5. The largest absolute Gasteiger partial charge is 0.497 e. The number of nitrogens with zero attached hydrogens (tertiary/aromatic N) is 1. The van der Waals surface area contributed by atoms with E-state index in [1.54, 1.807) is 68.3 Å². The molecule has 2 aliphatic rings. The molecule has 0 saturated carbocycles. The van der Waals surface area contributed by atoms with Gasteiger partial charge in [-0.3, -0.25) is 9.59 Å². The lowest BCUT2D eigenvalue weighted by atomic mass is 9.82. The van der Waals surface area contributed by atoms with Gasteiger partial charge in [0.15, 0.2) is 11.4 Å². The van der Waals surface area contributed by atoms with Crippen LogP contribution >= 0.6 is 11.6 Å². The zero-order valence-corrected chi connectivity index (χ0v) is 18.7. The fraction of sp³-hybridized carbons (Fsp3) is 0.417. The predicted octanol–water partition coefficient (Wildman–Crippen LogP) is 4.53. The molecule has 1 amide bonds. The minimum Gasteiger partial charge on any atom is -0.497 e. The van der Waals surface area contributed by atoms with Crippen molar-refractivity contribution >= 4 is 23.3 Å². The molecule has 7 heteroatoms. The maximum absolute atomic E-state index is 13.2. The number of Topliss-reactive ketones (excluding diaryl/α,β-unsaturated/α-hetero) is 1. The zero-order valence-electron chi connectivity index (χ0n) is 17.9. The summed E-state index contributed by atoms with van der Waals surface area (Å²) in [5, 5.41) is 0.610. The van der Waals surface area contributed by atoms with E-state index < -0.39 is 11.2 Å². The van der Waals surface area contributed by atoms with Crippen molar-refractivity contribution in [2.75, 3.05) is 20.2 Å². The maximum Gasteiger partial charge on any atom is 0.266 e. The summed E-state index contributed by atoms with van der Waals surface area (Å²) in [4.78, 5) is 27.7. The van der Waals surface area contributed by atoms with Crippen LogP contribution in [0.5, 0.6) is 17.2 Å². The summed E-state index contributed by atoms with van der Waals surface area (Å²) in [6.07, 6.45) is 1.48. The number of hydrogen-bond donors (Lipinski definition) is 0. The number of ketones is 1. The Morgan fingerprint density at radius 3 is 2.39 bits per heavy atom. The number of hydrogen-bond acceptors (Lipinski definition) is 5. The average Bonchev–Trinajstić information content (AvgIpc) is 2.75. The fourth-order valence-electron chi connectivity index (χ4n) is 4.22. The molecule has 0 bridgehead atoms. The zero-order chi connectivity index (χ0) is 22.2. The van der Waals surface area contributed by atoms with Crippen molar-refractivity contribution in [2.45, 2.75) is 44.3 Å². The van der Waals surface area contributed by atoms with Crippen molar-refractivity contribution in [1.82, 2.24) is 4.90 Å². The number of carbonyl (C=O) groups excluding carboxylic acids is 2. The highest BCUT2D eigenvalue weighted by atomic mass is 35.5. The molecular weight excluding hydrogens is 418 g/mol. The van der Waals surface area contributed by atoms with Gasteiger partial charge >= 0.3 is 0 Å². The first-order valence-electron chi connectivity index (χ1n) is 10.4. The summed E-state index contributed by atoms with van der Waals surface area (Å²) in [6, 6.07) is 12.2. The molecule has 2 aromatic carbocycles. The van der Waals surface area contributed by atoms with Gasteiger partial charge < -0.3 is 19.1 Å². The summed E-state index contributed by atoms with van der Waals surface area (Å²) in [6.45, 7) is 4.52. The molecule has 2 aromatic rings. The Labute approximate surface area is 187 Å². The Kier molecular flexibility index (Phi) is 5.60. The van der Waals surface area contributed by atoms with Crippen LogP contribution in [0.3, 0.4) is 0 Å². The Hall–Kier alpha value is -2.73. The molecule has 0 N–H and O–H groups in total. The summed E-state index contributed by atoms with van der Waals surface area (Å²) in [5.74, 6) is 1.76. The lowest BCUT2D eigenvalue weighted by Gasteiger charge is -2.45. The van der Waals surface area contributed by atoms with Crippen LogP contribution in [-0.4, -0.2) is 48.0 Å². The summed E-state index contributed by atoms with van der Waals surface area (Å²) >= 11 is 5.92. The first-order chi connectivity index (χ1) is 14.7. The number of ether oxygens (including phenoxy) is 3. The van der Waals surface area contributed by atoms with Gasteiger partial charge in [0, 0.05) is 37.0 Å². The molecular formula is C24H26ClNO5. The third-order valence-electron chi connectivity index (χ3n) is 5.96. The molecule has 1 fully saturated rings. The molecule has 0 aromatic heterocycles. The van der Waals surface area contributed by atoms with E-state index in [0.29, 0.717) is 60.2 Å². The Morgan fingerprint density at radius 2 is 1.74 bits per heavy atom. The van der Waals surface area contributed by atoms with Gasteiger partial charge in [0.05, 0.1) is 19.1 Å². The highest BCUT2D eigenvalue weighted by Gasteiger charge is 2.45. The van der Waals surface area contributed by atoms with Gasteiger partial charge in [-0.2, -0.15) is 0 Å². The van der Waals surface area contributed by atoms with Crippen LogP contribution in [0.4, 0.5) is 0 Å². The number of rotatable bonds is 4. The fourth-order valence-corrected chi connectivity index (χ4v) is 4.35. The lowest BCUT2D eigenvalue weighted by Crippen LogP contribution is -2.56. The van der Waals surface area contributed by atoms with E-state index >= 15 is 0 Å². The highest BCUT2D eigenvalue weighted by Crippen LogP contribution is 2.41. The normalized spacial score (nSPS) is 17.7. The SMILES string of the molecule is COc1ccc2c(c1)OC1(CCN(C(=O)C(C)(C)Oc3ccc(Cl)cc3)CC1)CC2=O. The lowest BCUT2D eigenvalue weighted by molar-refractivity contribution is -0.149. The number of methoxy groups -OCH3 is 1. The Bertz CT molecular complexity index is 994. The van der Waals surface area contributed by atoms with Crippen molar-refractivity contribution in [3.8, 4) is 17.2 Å². The monoisotopic (exact) mass is 443 g/mol. The van der Waals surface area contributed by atoms with E-state index in [-0.39, 0.29) is 11.7 Å². The molecule has 164 valence electrons. The molecule has 0 aliphatic carbocycles. The molecule has 31 heavy (non-hydrogen) atoms. The molecule has 0 radical (unpaired) electrons. The van der Waals surface area contributed by atoms with Crippen LogP contribution in [-0.2, 0) is 4.79 Å². The Morgan fingerprint density at radius 1 is 1.10 bits per heavy atom. The number of carbonyl (C=O) groups is 2. The van der Waals surface area contributed by atoms with Crippen molar-refractivity contribution in [3.63, 3.8) is 0 Å². The third kappa shape index (κ3) is 4.35. The summed E-state index contributed by atoms with van der Waals surface area (Å²) in [5.41, 5.74) is -1.03. The van der Waals surface area contributed by atoms with E-state index in [1.165, 1.54) is 0 Å². The van der Waals surface area contributed by atoms with Crippen LogP contribution < -0.4 is 14.2 Å². The topological polar surface area (TPSA) is 65.1 Å². The van der Waals surface area contributed by atoms with Gasteiger partial charge in [-0.25, -0.2) is 0 Å². The Balaban J connectivity index is 1.43. The second-order valence-electron chi connectivity index (χ2n) is 8.61. The van der Waals surface area contributed by atoms with E-state index in [0.717, 1.165) is 0 Å². The standard InChI is InChI=1S/C24H26ClNO5/c1-23(2,30-17-6-4-16(25)5-7-17)22(28)26-12-10-24(11-13-26)15-20(27)19-9-8-18(29-3)14-21(19)31-24/h4-9,14H,10-13,15H2,1-3H3. The van der Waals surface area contributed by atoms with E-state index in [1.807, 2.05) is 0 Å². The highest BCUT2D eigenvalue weighted by molar-refractivity contribution is 6.30. The van der Waals surface area contributed by atoms with Gasteiger partial charge in [0.2, 0.25) is 0 Å². The maximum atomic E-state index is 13.2. The van der Waals surface area contributed by atoms with Crippen LogP contribution in [0, 0.1) is 0 Å². The van der Waals surface area contributed by atoms with Crippen LogP contribution in [0.25, 0.3) is 0 Å². The molecule has 1 saturated heterocycles. The number of fused-ring (bicyclic) bond motifs is 1. The minimum atomic E-state index is -1.03. The second-order valence-corrected chi connectivity index (χ2v) is 9.04. The molecule has 2 heterocycles. The average molecular weight is 444 g/mol. The number of amides is 1. The van der Waals surface area contributed by atoms with Crippen LogP contribution in [0.15, 0.2) is 42.5 Å². The number of halogens is 1. The number of piperidine rings is 1. The molecule has 6 nitrogen and oxygen atoms in total. The summed E-state index contributed by atoms with van der Waals surface area (Å²) < 4.78 is 17.5. The quantitative estimate of drug-likeness (QED) is 0.694. The van der Waals surface area contributed by atoms with E-state index in [2.05, 4.69) is 0 Å².